The van der Waals surface area contributed by atoms with Crippen LogP contribution in [0.4, 0.5) is 0 Å². The maximum Gasteiger partial charge on any atom is 0.154 e. The van der Waals surface area contributed by atoms with Crippen LogP contribution in [0.2, 0.25) is 0 Å². The van der Waals surface area contributed by atoms with Crippen LogP contribution in [-0.2, 0) is 4.74 Å². The van der Waals surface area contributed by atoms with Gasteiger partial charge in [-0.05, 0) is 12.8 Å². The van der Waals surface area contributed by atoms with Gasteiger partial charge < -0.3 is 9.84 Å². The molecule has 1 saturated heterocycles. The molecule has 0 bridgehead atoms. The molecule has 1 aliphatic heterocycles. The molecule has 21 heavy (non-hydrogen) atoms. The zero-order chi connectivity index (χ0) is 15.2. The summed E-state index contributed by atoms with van der Waals surface area (Å²) in [5, 5.41) is 9.28. The molecule has 2 unspecified atom stereocenters. The number of hydrogen-bond acceptors (Lipinski definition) is 2. The average molecular weight is 299 g/mol. The van der Waals surface area contributed by atoms with Gasteiger partial charge in [0.1, 0.15) is 0 Å². The second-order valence-electron chi connectivity index (χ2n) is 6.82. The molecule has 0 aromatic heterocycles. The molecule has 0 amide bonds. The third kappa shape index (κ3) is 11.2. The van der Waals surface area contributed by atoms with Crippen LogP contribution in [0.15, 0.2) is 0 Å². The second kappa shape index (κ2) is 13.6. The molecule has 1 heterocycles. The summed E-state index contributed by atoms with van der Waals surface area (Å²) in [4.78, 5) is 0. The third-order valence-electron chi connectivity index (χ3n) is 4.71. The number of unbranched alkanes of at least 4 members (excludes halogenated alkanes) is 12. The Bertz CT molecular complexity index is 218. The van der Waals surface area contributed by atoms with Crippen LogP contribution >= 0.6 is 0 Å². The third-order valence-corrected chi connectivity index (χ3v) is 4.71. The fourth-order valence-electron chi connectivity index (χ4n) is 3.29. The quantitative estimate of drug-likeness (QED) is 0.401. The van der Waals surface area contributed by atoms with Crippen molar-refractivity contribution in [3.63, 3.8) is 0 Å². The summed E-state index contributed by atoms with van der Waals surface area (Å²) in [6.07, 6.45) is 21.2. The minimum atomic E-state index is -0.475. The van der Waals surface area contributed by atoms with Gasteiger partial charge >= 0.3 is 0 Å². The minimum absolute atomic E-state index is 0.340. The Morgan fingerprint density at radius 3 is 1.62 bits per heavy atom. The molecular weight excluding hydrogens is 260 g/mol. The zero-order valence-corrected chi connectivity index (χ0v) is 14.3. The maximum absolute atomic E-state index is 9.28. The summed E-state index contributed by atoms with van der Waals surface area (Å²) in [5.41, 5.74) is 0. The summed E-state index contributed by atoms with van der Waals surface area (Å²) in [6.45, 7) is 2.28. The van der Waals surface area contributed by atoms with Crippen LogP contribution in [0.3, 0.4) is 0 Å². The van der Waals surface area contributed by atoms with E-state index in [-0.39, 0.29) is 0 Å². The van der Waals surface area contributed by atoms with Gasteiger partial charge in [-0.2, -0.15) is 0 Å². The average Bonchev–Trinajstić information content (AvgIpc) is 2.89. The lowest BCUT2D eigenvalue weighted by Gasteiger charge is -2.09. The lowest BCUT2D eigenvalue weighted by molar-refractivity contribution is -0.0920. The van der Waals surface area contributed by atoms with E-state index in [4.69, 9.17) is 4.74 Å². The Balaban J connectivity index is 1.69. The highest BCUT2D eigenvalue weighted by molar-refractivity contribution is 4.67. The summed E-state index contributed by atoms with van der Waals surface area (Å²) in [7, 11) is 0. The standard InChI is InChI=1S/C19H38O2/c1-2-3-4-5-6-7-8-9-10-11-12-13-14-15-18-16-17-19(20)21-18/h18-20H,2-17H2,1H3. The van der Waals surface area contributed by atoms with Crippen LogP contribution < -0.4 is 0 Å². The molecule has 2 heteroatoms. The van der Waals surface area contributed by atoms with E-state index in [1.165, 1.54) is 83.5 Å². The van der Waals surface area contributed by atoms with E-state index in [9.17, 15) is 5.11 Å². The highest BCUT2D eigenvalue weighted by atomic mass is 16.6. The Morgan fingerprint density at radius 2 is 1.19 bits per heavy atom. The second-order valence-corrected chi connectivity index (χ2v) is 6.82. The van der Waals surface area contributed by atoms with E-state index >= 15 is 0 Å². The monoisotopic (exact) mass is 298 g/mol. The molecule has 0 aromatic rings. The van der Waals surface area contributed by atoms with Crippen LogP contribution in [0, 0.1) is 0 Å². The summed E-state index contributed by atoms with van der Waals surface area (Å²) < 4.78 is 5.42. The fourth-order valence-corrected chi connectivity index (χ4v) is 3.29. The topological polar surface area (TPSA) is 29.5 Å². The van der Waals surface area contributed by atoms with Gasteiger partial charge in [-0.3, -0.25) is 0 Å². The number of aliphatic hydroxyl groups is 1. The van der Waals surface area contributed by atoms with Crippen molar-refractivity contribution in [2.75, 3.05) is 0 Å². The fraction of sp³-hybridized carbons (Fsp3) is 1.00. The molecular formula is C19H38O2. The predicted octanol–water partition coefficient (Wildman–Crippen LogP) is 5.97. The molecule has 0 aromatic carbocycles. The minimum Gasteiger partial charge on any atom is -0.368 e. The molecule has 1 N–H and O–H groups in total. The number of rotatable bonds is 14. The van der Waals surface area contributed by atoms with Crippen molar-refractivity contribution in [2.24, 2.45) is 0 Å². The van der Waals surface area contributed by atoms with Crippen LogP contribution in [0.5, 0.6) is 0 Å². The Morgan fingerprint density at radius 1 is 0.714 bits per heavy atom. The molecule has 2 atom stereocenters. The highest BCUT2D eigenvalue weighted by Gasteiger charge is 2.22. The van der Waals surface area contributed by atoms with Crippen LogP contribution in [-0.4, -0.2) is 17.5 Å². The van der Waals surface area contributed by atoms with Crippen molar-refractivity contribution in [1.29, 1.82) is 0 Å². The lowest BCUT2D eigenvalue weighted by Crippen LogP contribution is -2.09. The molecule has 2 nitrogen and oxygen atoms in total. The SMILES string of the molecule is CCCCCCCCCCCCCCCC1CCC(O)O1. The van der Waals surface area contributed by atoms with Crippen molar-refractivity contribution >= 4 is 0 Å². The van der Waals surface area contributed by atoms with Gasteiger partial charge in [-0.15, -0.1) is 0 Å². The number of hydrogen-bond donors (Lipinski definition) is 1. The Kier molecular flexibility index (Phi) is 12.3. The summed E-state index contributed by atoms with van der Waals surface area (Å²) in [5.74, 6) is 0. The van der Waals surface area contributed by atoms with Gasteiger partial charge in [-0.25, -0.2) is 0 Å². The smallest absolute Gasteiger partial charge is 0.154 e. The van der Waals surface area contributed by atoms with E-state index in [1.54, 1.807) is 0 Å². The zero-order valence-electron chi connectivity index (χ0n) is 14.3. The summed E-state index contributed by atoms with van der Waals surface area (Å²) in [6, 6.07) is 0. The van der Waals surface area contributed by atoms with Gasteiger partial charge in [0.05, 0.1) is 6.10 Å². The normalized spacial score (nSPS) is 22.0. The van der Waals surface area contributed by atoms with E-state index in [2.05, 4.69) is 6.92 Å². The first kappa shape index (κ1) is 19.0. The van der Waals surface area contributed by atoms with Gasteiger partial charge in [0, 0.05) is 6.42 Å². The molecule has 1 rings (SSSR count). The Hall–Kier alpha value is -0.0800. The van der Waals surface area contributed by atoms with Gasteiger partial charge in [0.25, 0.3) is 0 Å². The van der Waals surface area contributed by atoms with Gasteiger partial charge in [0.2, 0.25) is 0 Å². The van der Waals surface area contributed by atoms with Crippen LogP contribution in [0.1, 0.15) is 110 Å². The Labute approximate surface area is 132 Å². The molecule has 0 spiro atoms. The summed E-state index contributed by atoms with van der Waals surface area (Å²) >= 11 is 0. The molecule has 126 valence electrons. The number of aliphatic hydroxyl groups excluding tert-OH is 1. The van der Waals surface area contributed by atoms with Crippen molar-refractivity contribution in [3.8, 4) is 0 Å². The largest absolute Gasteiger partial charge is 0.368 e. The molecule has 1 fully saturated rings. The predicted molar refractivity (Wildman–Crippen MR) is 90.4 cm³/mol. The van der Waals surface area contributed by atoms with Crippen molar-refractivity contribution in [1.82, 2.24) is 0 Å². The number of ether oxygens (including phenoxy) is 1. The van der Waals surface area contributed by atoms with Gasteiger partial charge in [-0.1, -0.05) is 90.4 Å². The van der Waals surface area contributed by atoms with Gasteiger partial charge in [0.15, 0.2) is 6.29 Å². The van der Waals surface area contributed by atoms with Crippen molar-refractivity contribution < 1.29 is 9.84 Å². The first-order chi connectivity index (χ1) is 10.3. The molecule has 0 saturated carbocycles. The van der Waals surface area contributed by atoms with Crippen molar-refractivity contribution in [3.05, 3.63) is 0 Å². The molecule has 0 aliphatic carbocycles. The lowest BCUT2D eigenvalue weighted by atomic mass is 10.0. The molecule has 0 radical (unpaired) electrons. The van der Waals surface area contributed by atoms with Crippen molar-refractivity contribution in [2.45, 2.75) is 122 Å². The maximum atomic E-state index is 9.28. The first-order valence-corrected chi connectivity index (χ1v) is 9.66. The van der Waals surface area contributed by atoms with E-state index in [0.717, 1.165) is 19.3 Å². The van der Waals surface area contributed by atoms with E-state index in [0.29, 0.717) is 6.10 Å². The highest BCUT2D eigenvalue weighted by Crippen LogP contribution is 2.22. The molecule has 1 aliphatic rings. The first-order valence-electron chi connectivity index (χ1n) is 9.66. The van der Waals surface area contributed by atoms with Crippen LogP contribution in [0.25, 0.3) is 0 Å². The van der Waals surface area contributed by atoms with E-state index in [1.807, 2.05) is 0 Å². The van der Waals surface area contributed by atoms with E-state index < -0.39 is 6.29 Å².